The highest BCUT2D eigenvalue weighted by molar-refractivity contribution is 5.89. The third-order valence-electron chi connectivity index (χ3n) is 8.89. The number of urea groups is 1. The highest BCUT2D eigenvalue weighted by Crippen LogP contribution is 2.35. The van der Waals surface area contributed by atoms with Gasteiger partial charge in [-0.2, -0.15) is 23.1 Å². The number of likely N-dealkylation sites (tertiary alicyclic amines) is 1. The fraction of sp³-hybridized carbons (Fsp3) is 0.586. The van der Waals surface area contributed by atoms with Crippen LogP contribution in [0.2, 0.25) is 0 Å². The maximum atomic E-state index is 13.6. The molecule has 232 valence electrons. The molecule has 1 aromatic carbocycles. The number of aromatic nitrogens is 4. The predicted molar refractivity (Wildman–Crippen MR) is 155 cm³/mol. The molecule has 1 saturated heterocycles. The summed E-state index contributed by atoms with van der Waals surface area (Å²) in [6, 6.07) is 2.76. The lowest BCUT2D eigenvalue weighted by Crippen LogP contribution is -2.44. The summed E-state index contributed by atoms with van der Waals surface area (Å²) in [7, 11) is 0. The normalized spacial score (nSPS) is 22.2. The first-order valence-corrected chi connectivity index (χ1v) is 15.1. The van der Waals surface area contributed by atoms with Crippen LogP contribution in [0.25, 0.3) is 11.2 Å². The molecule has 3 aromatic rings. The lowest BCUT2D eigenvalue weighted by molar-refractivity contribution is -0.139. The van der Waals surface area contributed by atoms with Gasteiger partial charge in [0.1, 0.15) is 5.82 Å². The van der Waals surface area contributed by atoms with Gasteiger partial charge in [0.05, 0.1) is 11.9 Å². The van der Waals surface area contributed by atoms with Crippen LogP contribution in [-0.4, -0.2) is 61.7 Å². The number of nitrogens with two attached hydrogens (primary N) is 1. The van der Waals surface area contributed by atoms with Crippen LogP contribution in [0.5, 0.6) is 0 Å². The van der Waals surface area contributed by atoms with Crippen molar-refractivity contribution in [1.29, 1.82) is 0 Å². The van der Waals surface area contributed by atoms with Crippen LogP contribution in [0.1, 0.15) is 75.8 Å². The van der Waals surface area contributed by atoms with Crippen LogP contribution in [0.4, 0.5) is 39.8 Å². The summed E-state index contributed by atoms with van der Waals surface area (Å²) in [6.07, 6.45) is 6.61. The molecule has 3 heterocycles. The molecule has 2 saturated carbocycles. The largest absolute Gasteiger partial charge is 0.419 e. The molecule has 0 bridgehead atoms. The number of amides is 2. The second-order valence-corrected chi connectivity index (χ2v) is 11.9. The molecule has 5 N–H and O–H groups in total. The average Bonchev–Trinajstić information content (AvgIpc) is 3.65. The first-order valence-electron chi connectivity index (χ1n) is 15.1. The maximum absolute atomic E-state index is 13.6. The SMILES string of the molecule is NC1CCC(Nc2nc(NC3CCN(C(=O)Nc4ccc(F)c(C(F)(F)F)c4)CC3)c3ncn(C4CCCC4)c3n2)CC1. The number of piperidine rings is 1. The molecular formula is C29H37F4N9O. The molecule has 0 atom stereocenters. The van der Waals surface area contributed by atoms with E-state index in [0.717, 1.165) is 50.2 Å². The molecule has 1 aliphatic heterocycles. The third kappa shape index (κ3) is 6.63. The number of carbonyl (C=O) groups excluding carboxylic acids is 1. The molecule has 2 aliphatic carbocycles. The zero-order valence-electron chi connectivity index (χ0n) is 23.8. The lowest BCUT2D eigenvalue weighted by atomic mass is 9.92. The first kappa shape index (κ1) is 29.4. The summed E-state index contributed by atoms with van der Waals surface area (Å²) in [6.45, 7) is 0.768. The van der Waals surface area contributed by atoms with E-state index in [1.165, 1.54) is 12.8 Å². The average molecular weight is 604 g/mol. The van der Waals surface area contributed by atoms with Crippen molar-refractivity contribution in [2.45, 2.75) is 94.6 Å². The Hall–Kier alpha value is -3.68. The van der Waals surface area contributed by atoms with Crippen LogP contribution in [0.3, 0.4) is 0 Å². The monoisotopic (exact) mass is 603 g/mol. The summed E-state index contributed by atoms with van der Waals surface area (Å²) < 4.78 is 55.1. The summed E-state index contributed by atoms with van der Waals surface area (Å²) >= 11 is 0. The van der Waals surface area contributed by atoms with Crippen molar-refractivity contribution in [3.05, 3.63) is 35.9 Å². The number of alkyl halides is 3. The van der Waals surface area contributed by atoms with Gasteiger partial charge in [-0.05, 0) is 69.6 Å². The van der Waals surface area contributed by atoms with Crippen LogP contribution in [0.15, 0.2) is 24.5 Å². The second-order valence-electron chi connectivity index (χ2n) is 11.9. The minimum atomic E-state index is -4.85. The summed E-state index contributed by atoms with van der Waals surface area (Å²) in [5.74, 6) is -0.180. The number of imidazole rings is 1. The Morgan fingerprint density at radius 2 is 1.63 bits per heavy atom. The summed E-state index contributed by atoms with van der Waals surface area (Å²) in [5, 5.41) is 9.54. The van der Waals surface area contributed by atoms with Crippen LogP contribution in [-0.2, 0) is 6.18 Å². The number of benzene rings is 1. The van der Waals surface area contributed by atoms with Gasteiger partial charge >= 0.3 is 12.2 Å². The highest BCUT2D eigenvalue weighted by Gasteiger charge is 2.34. The van der Waals surface area contributed by atoms with E-state index in [0.29, 0.717) is 61.4 Å². The molecule has 0 radical (unpaired) electrons. The highest BCUT2D eigenvalue weighted by atomic mass is 19.4. The number of halogens is 4. The second kappa shape index (κ2) is 12.1. The van der Waals surface area contributed by atoms with Crippen molar-refractivity contribution < 1.29 is 22.4 Å². The van der Waals surface area contributed by atoms with Crippen molar-refractivity contribution in [3.63, 3.8) is 0 Å². The van der Waals surface area contributed by atoms with E-state index in [2.05, 4.69) is 20.5 Å². The van der Waals surface area contributed by atoms with E-state index in [-0.39, 0.29) is 23.8 Å². The van der Waals surface area contributed by atoms with Crippen LogP contribution < -0.4 is 21.7 Å². The van der Waals surface area contributed by atoms with Gasteiger partial charge in [0.2, 0.25) is 5.95 Å². The zero-order valence-corrected chi connectivity index (χ0v) is 23.8. The number of nitrogens with zero attached hydrogens (tertiary/aromatic N) is 5. The van der Waals surface area contributed by atoms with E-state index in [1.807, 2.05) is 6.33 Å². The van der Waals surface area contributed by atoms with Gasteiger partial charge in [-0.15, -0.1) is 0 Å². The standard InChI is InChI=1S/C29H37F4N9O/c30-23-10-9-20(15-22(23)29(31,32)33)38-28(43)41-13-11-19(12-14-41)36-25-24-26(42(16-35-24)21-3-1-2-4-21)40-27(39-25)37-18-7-5-17(34)6-8-18/h9-10,15-19,21H,1-8,11-14,34H2,(H,38,43)(H2,36,37,39,40). The van der Waals surface area contributed by atoms with E-state index in [9.17, 15) is 22.4 Å². The Morgan fingerprint density at radius 1 is 0.930 bits per heavy atom. The predicted octanol–water partition coefficient (Wildman–Crippen LogP) is 5.89. The smallest absolute Gasteiger partial charge is 0.365 e. The quantitative estimate of drug-likeness (QED) is 0.259. The topological polar surface area (TPSA) is 126 Å². The molecule has 0 spiro atoms. The molecule has 2 aromatic heterocycles. The van der Waals surface area contributed by atoms with Crippen molar-refractivity contribution in [3.8, 4) is 0 Å². The van der Waals surface area contributed by atoms with Crippen molar-refractivity contribution in [1.82, 2.24) is 24.4 Å². The van der Waals surface area contributed by atoms with Gasteiger partial charge < -0.3 is 31.2 Å². The fourth-order valence-corrected chi connectivity index (χ4v) is 6.42. The molecule has 10 nitrogen and oxygen atoms in total. The Kier molecular flexibility index (Phi) is 8.29. The maximum Gasteiger partial charge on any atom is 0.419 e. The van der Waals surface area contributed by atoms with E-state index in [4.69, 9.17) is 20.7 Å². The van der Waals surface area contributed by atoms with Gasteiger partial charge in [-0.25, -0.2) is 14.2 Å². The third-order valence-corrected chi connectivity index (χ3v) is 8.89. The Bertz CT molecular complexity index is 1440. The van der Waals surface area contributed by atoms with E-state index < -0.39 is 23.6 Å². The van der Waals surface area contributed by atoms with Crippen molar-refractivity contribution in [2.24, 2.45) is 5.73 Å². The summed E-state index contributed by atoms with van der Waals surface area (Å²) in [4.78, 5) is 28.8. The van der Waals surface area contributed by atoms with Gasteiger partial charge in [-0.3, -0.25) is 0 Å². The van der Waals surface area contributed by atoms with Gasteiger partial charge in [0.25, 0.3) is 0 Å². The number of anilines is 3. The molecule has 2 amide bonds. The fourth-order valence-electron chi connectivity index (χ4n) is 6.42. The van der Waals surface area contributed by atoms with E-state index >= 15 is 0 Å². The van der Waals surface area contributed by atoms with E-state index in [1.54, 1.807) is 4.90 Å². The molecule has 3 aliphatic rings. The minimum Gasteiger partial charge on any atom is -0.365 e. The first-order chi connectivity index (χ1) is 20.6. The molecule has 0 unspecified atom stereocenters. The molecule has 14 heteroatoms. The minimum absolute atomic E-state index is 0.00182. The number of nitrogens with one attached hydrogen (secondary N) is 3. The van der Waals surface area contributed by atoms with Gasteiger partial charge in [0, 0.05) is 42.9 Å². The number of hydrogen-bond acceptors (Lipinski definition) is 7. The van der Waals surface area contributed by atoms with Gasteiger partial charge in [-0.1, -0.05) is 12.8 Å². The Morgan fingerprint density at radius 3 is 2.33 bits per heavy atom. The molecule has 43 heavy (non-hydrogen) atoms. The van der Waals surface area contributed by atoms with Crippen molar-refractivity contribution in [2.75, 3.05) is 29.0 Å². The number of hydrogen-bond donors (Lipinski definition) is 4. The molecule has 6 rings (SSSR count). The Balaban J connectivity index is 1.14. The number of carbonyl (C=O) groups is 1. The number of rotatable bonds is 6. The molecular weight excluding hydrogens is 566 g/mol. The molecule has 3 fully saturated rings. The zero-order chi connectivity index (χ0) is 30.1. The van der Waals surface area contributed by atoms with Crippen molar-refractivity contribution >= 4 is 34.6 Å². The Labute approximate surface area is 246 Å². The van der Waals surface area contributed by atoms with Crippen LogP contribution >= 0.6 is 0 Å². The summed E-state index contributed by atoms with van der Waals surface area (Å²) in [5.41, 5.74) is 6.08. The number of fused-ring (bicyclic) bond motifs is 1. The van der Waals surface area contributed by atoms with Crippen LogP contribution in [0, 0.1) is 5.82 Å². The lowest BCUT2D eigenvalue weighted by Gasteiger charge is -2.33. The van der Waals surface area contributed by atoms with Gasteiger partial charge in [0.15, 0.2) is 17.0 Å².